The third kappa shape index (κ3) is 5.11. The number of aromatic nitrogens is 1. The van der Waals surface area contributed by atoms with E-state index in [-0.39, 0.29) is 23.2 Å². The highest BCUT2D eigenvalue weighted by Gasteiger charge is 2.24. The zero-order chi connectivity index (χ0) is 26.7. The van der Waals surface area contributed by atoms with Crippen LogP contribution in [0.1, 0.15) is 75.6 Å². The third-order valence-corrected chi connectivity index (χ3v) is 6.73. The van der Waals surface area contributed by atoms with Crippen LogP contribution in [0.15, 0.2) is 60.8 Å². The van der Waals surface area contributed by atoms with Crippen molar-refractivity contribution >= 4 is 28.6 Å². The lowest BCUT2D eigenvalue weighted by molar-refractivity contribution is 0.0697. The summed E-state index contributed by atoms with van der Waals surface area (Å²) < 4.78 is 0. The molecule has 37 heavy (non-hydrogen) atoms. The molecule has 0 spiro atoms. The number of nitrogen functional groups attached to an aromatic ring is 1. The zero-order valence-corrected chi connectivity index (χ0v) is 21.3. The Morgan fingerprint density at radius 3 is 2.43 bits per heavy atom. The summed E-state index contributed by atoms with van der Waals surface area (Å²) in [6.45, 7) is 6.51. The number of benzene rings is 3. The number of aromatic carboxylic acids is 1. The van der Waals surface area contributed by atoms with Crippen molar-refractivity contribution in [3.63, 3.8) is 0 Å². The molecule has 7 heteroatoms. The number of carbonyl (C=O) groups is 2. The van der Waals surface area contributed by atoms with Crippen LogP contribution in [0.5, 0.6) is 0 Å². The van der Waals surface area contributed by atoms with Gasteiger partial charge in [-0.2, -0.15) is 0 Å². The number of hydrogen-bond acceptors (Lipinski definition) is 3. The number of carbonyl (C=O) groups excluding carboxylic acids is 1. The summed E-state index contributed by atoms with van der Waals surface area (Å²) in [6.07, 6.45) is 3.54. The second kappa shape index (κ2) is 10.7. The zero-order valence-electron chi connectivity index (χ0n) is 21.3. The van der Waals surface area contributed by atoms with Crippen molar-refractivity contribution < 1.29 is 14.7 Å². The Bertz CT molecular complexity index is 1500. The van der Waals surface area contributed by atoms with E-state index in [1.807, 2.05) is 68.6 Å². The molecule has 7 nitrogen and oxygen atoms in total. The molecule has 4 rings (SSSR count). The third-order valence-electron chi connectivity index (χ3n) is 6.73. The van der Waals surface area contributed by atoms with Gasteiger partial charge in [-0.3, -0.25) is 10.2 Å². The quantitative estimate of drug-likeness (QED) is 0.148. The van der Waals surface area contributed by atoms with E-state index in [0.29, 0.717) is 23.2 Å². The van der Waals surface area contributed by atoms with Crippen LogP contribution in [0.3, 0.4) is 0 Å². The van der Waals surface area contributed by atoms with Gasteiger partial charge in [-0.25, -0.2) is 4.79 Å². The molecule has 0 aliphatic carbocycles. The van der Waals surface area contributed by atoms with Crippen LogP contribution in [0.2, 0.25) is 0 Å². The van der Waals surface area contributed by atoms with Crippen molar-refractivity contribution in [1.82, 2.24) is 10.3 Å². The molecular weight excluding hydrogens is 464 g/mol. The molecule has 6 N–H and O–H groups in total. The summed E-state index contributed by atoms with van der Waals surface area (Å²) in [5.74, 6) is -1.26. The standard InChI is InChI=1S/C30H32N4O3/c1-4-12-33-29(35)19-8-10-21(24(14-19)22-9-6-17(3)13-25(22)30(36)37)20(5-2)26-16-34-27-15-18(28(31)32)7-11-23(26)27/h6-11,13-16,20,34H,4-5,12H2,1-3H3,(H3,31,32)(H,33,35)(H,36,37). The van der Waals surface area contributed by atoms with Gasteiger partial charge in [-0.05, 0) is 66.3 Å². The van der Waals surface area contributed by atoms with Gasteiger partial charge in [0.25, 0.3) is 5.91 Å². The van der Waals surface area contributed by atoms with Crippen molar-refractivity contribution in [2.75, 3.05) is 6.54 Å². The number of nitrogens with one attached hydrogen (secondary N) is 3. The van der Waals surface area contributed by atoms with Gasteiger partial charge in [0.15, 0.2) is 0 Å². The van der Waals surface area contributed by atoms with E-state index in [1.54, 1.807) is 6.07 Å². The number of fused-ring (bicyclic) bond motifs is 1. The molecule has 1 amide bonds. The molecular formula is C30H32N4O3. The molecule has 1 heterocycles. The fourth-order valence-corrected chi connectivity index (χ4v) is 4.86. The van der Waals surface area contributed by atoms with Gasteiger partial charge in [-0.15, -0.1) is 0 Å². The number of aromatic amines is 1. The van der Waals surface area contributed by atoms with Gasteiger partial charge in [0.1, 0.15) is 5.84 Å². The minimum Gasteiger partial charge on any atom is -0.478 e. The lowest BCUT2D eigenvalue weighted by atomic mass is 9.82. The molecule has 0 aliphatic heterocycles. The monoisotopic (exact) mass is 496 g/mol. The van der Waals surface area contributed by atoms with Gasteiger partial charge in [0, 0.05) is 40.7 Å². The van der Waals surface area contributed by atoms with Crippen molar-refractivity contribution in [1.29, 1.82) is 5.41 Å². The molecule has 0 saturated carbocycles. The highest BCUT2D eigenvalue weighted by Crippen LogP contribution is 2.40. The minimum absolute atomic E-state index is 0.00453. The Morgan fingerprint density at radius 2 is 1.76 bits per heavy atom. The lowest BCUT2D eigenvalue weighted by Crippen LogP contribution is -2.24. The van der Waals surface area contributed by atoms with E-state index in [0.717, 1.165) is 46.0 Å². The molecule has 4 aromatic rings. The van der Waals surface area contributed by atoms with E-state index >= 15 is 0 Å². The molecule has 0 fully saturated rings. The van der Waals surface area contributed by atoms with Gasteiger partial charge < -0.3 is 21.1 Å². The van der Waals surface area contributed by atoms with E-state index in [1.165, 1.54) is 0 Å². The molecule has 1 atom stereocenters. The van der Waals surface area contributed by atoms with Crippen LogP contribution in [-0.2, 0) is 0 Å². The van der Waals surface area contributed by atoms with Crippen molar-refractivity contribution in [3.05, 3.63) is 94.2 Å². The van der Waals surface area contributed by atoms with Crippen LogP contribution >= 0.6 is 0 Å². The predicted octanol–water partition coefficient (Wildman–Crippen LogP) is 5.81. The summed E-state index contributed by atoms with van der Waals surface area (Å²) in [5.41, 5.74) is 12.0. The van der Waals surface area contributed by atoms with Gasteiger partial charge in [-0.1, -0.05) is 49.7 Å². The Labute approximate surface area is 216 Å². The predicted molar refractivity (Wildman–Crippen MR) is 148 cm³/mol. The summed E-state index contributed by atoms with van der Waals surface area (Å²) >= 11 is 0. The first-order valence-electron chi connectivity index (χ1n) is 12.5. The van der Waals surface area contributed by atoms with E-state index in [2.05, 4.69) is 17.2 Å². The number of carboxylic acids is 1. The molecule has 0 aliphatic rings. The first kappa shape index (κ1) is 25.7. The molecule has 0 radical (unpaired) electrons. The van der Waals surface area contributed by atoms with Crippen LogP contribution in [0, 0.1) is 12.3 Å². The highest BCUT2D eigenvalue weighted by atomic mass is 16.4. The topological polar surface area (TPSA) is 132 Å². The van der Waals surface area contributed by atoms with E-state index in [4.69, 9.17) is 11.1 Å². The Kier molecular flexibility index (Phi) is 7.43. The average molecular weight is 497 g/mol. The lowest BCUT2D eigenvalue weighted by Gasteiger charge is -2.21. The number of H-pyrrole nitrogens is 1. The maximum atomic E-state index is 12.8. The summed E-state index contributed by atoms with van der Waals surface area (Å²) in [6, 6.07) is 16.6. The Morgan fingerprint density at radius 1 is 1.00 bits per heavy atom. The maximum Gasteiger partial charge on any atom is 0.336 e. The fourth-order valence-electron chi connectivity index (χ4n) is 4.86. The molecule has 0 saturated heterocycles. The largest absolute Gasteiger partial charge is 0.478 e. The second-order valence-electron chi connectivity index (χ2n) is 9.29. The summed E-state index contributed by atoms with van der Waals surface area (Å²) in [4.78, 5) is 28.4. The van der Waals surface area contributed by atoms with Crippen LogP contribution in [0.4, 0.5) is 0 Å². The number of amides is 1. The Balaban J connectivity index is 1.93. The van der Waals surface area contributed by atoms with Gasteiger partial charge in [0.2, 0.25) is 0 Å². The van der Waals surface area contributed by atoms with Crippen LogP contribution in [-0.4, -0.2) is 34.3 Å². The van der Waals surface area contributed by atoms with Crippen molar-refractivity contribution in [2.24, 2.45) is 5.73 Å². The number of nitrogens with two attached hydrogens (primary N) is 1. The minimum atomic E-state index is -1.01. The second-order valence-corrected chi connectivity index (χ2v) is 9.29. The summed E-state index contributed by atoms with van der Waals surface area (Å²) in [5, 5.41) is 21.7. The summed E-state index contributed by atoms with van der Waals surface area (Å²) in [7, 11) is 0. The number of carboxylic acid groups (broad SMARTS) is 1. The van der Waals surface area contributed by atoms with Crippen molar-refractivity contribution in [3.8, 4) is 11.1 Å². The highest BCUT2D eigenvalue weighted by molar-refractivity contribution is 6.01. The average Bonchev–Trinajstić information content (AvgIpc) is 3.31. The van der Waals surface area contributed by atoms with E-state index < -0.39 is 5.97 Å². The molecule has 1 unspecified atom stereocenters. The number of hydrogen-bond donors (Lipinski definition) is 5. The van der Waals surface area contributed by atoms with Crippen LogP contribution in [0.25, 0.3) is 22.0 Å². The molecule has 1 aromatic heterocycles. The smallest absolute Gasteiger partial charge is 0.336 e. The Hall–Kier alpha value is -4.39. The first-order valence-corrected chi connectivity index (χ1v) is 12.5. The fraction of sp³-hybridized carbons (Fsp3) is 0.233. The van der Waals surface area contributed by atoms with Crippen LogP contribution < -0.4 is 11.1 Å². The van der Waals surface area contributed by atoms with Gasteiger partial charge >= 0.3 is 5.97 Å². The SMILES string of the molecule is CCCNC(=O)c1ccc(C(CC)c2c[nH]c3cc(C(=N)N)ccc23)c(-c2ccc(C)cc2C(=O)O)c1. The molecule has 0 bridgehead atoms. The maximum absolute atomic E-state index is 12.8. The number of aryl methyl sites for hydroxylation is 1. The molecule has 3 aromatic carbocycles. The normalized spacial score (nSPS) is 11.9. The first-order chi connectivity index (χ1) is 17.7. The number of amidine groups is 1. The van der Waals surface area contributed by atoms with Crippen molar-refractivity contribution in [2.45, 2.75) is 39.5 Å². The van der Waals surface area contributed by atoms with E-state index in [9.17, 15) is 14.7 Å². The number of rotatable bonds is 9. The molecule has 190 valence electrons. The van der Waals surface area contributed by atoms with Gasteiger partial charge in [0.05, 0.1) is 5.56 Å².